The average molecular weight is 402 g/mol. The lowest BCUT2D eigenvalue weighted by Crippen LogP contribution is -2.43. The molecule has 9 heteroatoms. The minimum Gasteiger partial charge on any atom is -0.481 e. The summed E-state index contributed by atoms with van der Waals surface area (Å²) < 4.78 is 5.23. The van der Waals surface area contributed by atoms with E-state index in [9.17, 15) is 14.4 Å². The molecule has 3 N–H and O–H groups in total. The smallest absolute Gasteiger partial charge is 0.323 e. The second-order valence-electron chi connectivity index (χ2n) is 6.72. The molecule has 0 aromatic carbocycles. The Kier molecular flexibility index (Phi) is 14.6. The van der Waals surface area contributed by atoms with Gasteiger partial charge in [0.1, 0.15) is 6.04 Å². The largest absolute Gasteiger partial charge is 0.481 e. The van der Waals surface area contributed by atoms with Crippen molar-refractivity contribution in [3.05, 3.63) is 0 Å². The molecule has 0 bridgehead atoms. The van der Waals surface area contributed by atoms with Crippen LogP contribution in [-0.4, -0.2) is 71.2 Å². The molecular weight excluding hydrogens is 368 g/mol. The number of nitrogens with zero attached hydrogens (tertiary/aromatic N) is 1. The first kappa shape index (κ1) is 25.8. The Balaban J connectivity index is 0.00000165. The number of rotatable bonds is 12. The van der Waals surface area contributed by atoms with Gasteiger partial charge in [0.25, 0.3) is 5.97 Å². The van der Waals surface area contributed by atoms with E-state index in [0.29, 0.717) is 25.8 Å². The molecule has 0 spiro atoms. The fourth-order valence-corrected chi connectivity index (χ4v) is 2.77. The number of carboxylic acids is 2. The van der Waals surface area contributed by atoms with Gasteiger partial charge in [0, 0.05) is 19.9 Å². The van der Waals surface area contributed by atoms with E-state index in [1.165, 1.54) is 0 Å². The van der Waals surface area contributed by atoms with Crippen LogP contribution < -0.4 is 5.32 Å². The number of hydrogen-bond acceptors (Lipinski definition) is 6. The highest BCUT2D eigenvalue weighted by Gasteiger charge is 2.32. The number of aliphatic carboxylic acids is 2. The molecular formula is C19H34N2O7. The molecule has 1 aliphatic heterocycles. The van der Waals surface area contributed by atoms with Crippen molar-refractivity contribution in [3.63, 3.8) is 0 Å². The van der Waals surface area contributed by atoms with Gasteiger partial charge in [-0.2, -0.15) is 0 Å². The standard InChI is InChI=1S/C17H30N2O5.C2H4O2/c1-2-3-5-10-18-15(20)13-19-11-7-8-14(19)17(23)24-12-6-4-9-16(21)22;1-2(3)4/h14H,2-13H2,1H3,(H,18,20)(H,21,22);1H3,(H,3,4)/t14-;/m1./s1. The van der Waals surface area contributed by atoms with Gasteiger partial charge in [-0.05, 0) is 38.6 Å². The summed E-state index contributed by atoms with van der Waals surface area (Å²) in [5.74, 6) is -2.03. The third-order valence-electron chi connectivity index (χ3n) is 4.11. The maximum absolute atomic E-state index is 12.1. The highest BCUT2D eigenvalue weighted by atomic mass is 16.5. The molecule has 1 fully saturated rings. The quantitative estimate of drug-likeness (QED) is 0.331. The maximum atomic E-state index is 12.1. The molecule has 0 saturated carbocycles. The summed E-state index contributed by atoms with van der Waals surface area (Å²) in [5.41, 5.74) is 0. The third kappa shape index (κ3) is 14.0. The van der Waals surface area contributed by atoms with Crippen LogP contribution in [0.5, 0.6) is 0 Å². The molecule has 1 heterocycles. The molecule has 0 unspecified atom stereocenters. The first-order chi connectivity index (χ1) is 13.3. The van der Waals surface area contributed by atoms with E-state index in [0.717, 1.165) is 39.2 Å². The van der Waals surface area contributed by atoms with Gasteiger partial charge in [-0.15, -0.1) is 0 Å². The van der Waals surface area contributed by atoms with Crippen LogP contribution in [0.4, 0.5) is 0 Å². The van der Waals surface area contributed by atoms with Crippen LogP contribution in [0.2, 0.25) is 0 Å². The minimum atomic E-state index is -0.840. The van der Waals surface area contributed by atoms with E-state index in [2.05, 4.69) is 12.2 Å². The van der Waals surface area contributed by atoms with Crippen molar-refractivity contribution in [1.29, 1.82) is 0 Å². The van der Waals surface area contributed by atoms with Crippen molar-refractivity contribution in [2.24, 2.45) is 0 Å². The summed E-state index contributed by atoms with van der Waals surface area (Å²) in [6.07, 6.45) is 5.90. The Morgan fingerprint density at radius 1 is 1.11 bits per heavy atom. The van der Waals surface area contributed by atoms with Gasteiger partial charge < -0.3 is 20.3 Å². The first-order valence-corrected chi connectivity index (χ1v) is 9.86. The normalized spacial score (nSPS) is 16.0. The Morgan fingerprint density at radius 3 is 2.39 bits per heavy atom. The number of nitrogens with one attached hydrogen (secondary N) is 1. The predicted molar refractivity (Wildman–Crippen MR) is 103 cm³/mol. The van der Waals surface area contributed by atoms with E-state index >= 15 is 0 Å². The van der Waals surface area contributed by atoms with Crippen molar-refractivity contribution < 1.29 is 34.1 Å². The molecule has 1 saturated heterocycles. The molecule has 0 aromatic rings. The number of unbranched alkanes of at least 4 members (excludes halogenated alkanes) is 3. The second-order valence-corrected chi connectivity index (χ2v) is 6.72. The van der Waals surface area contributed by atoms with Crippen LogP contribution in [0.1, 0.15) is 65.2 Å². The fourth-order valence-electron chi connectivity index (χ4n) is 2.77. The highest BCUT2D eigenvalue weighted by molar-refractivity contribution is 5.80. The van der Waals surface area contributed by atoms with Gasteiger partial charge in [-0.1, -0.05) is 19.8 Å². The molecule has 1 amide bonds. The molecule has 9 nitrogen and oxygen atoms in total. The number of esters is 1. The Morgan fingerprint density at radius 2 is 1.79 bits per heavy atom. The van der Waals surface area contributed by atoms with Crippen LogP contribution >= 0.6 is 0 Å². The van der Waals surface area contributed by atoms with Crippen molar-refractivity contribution in [3.8, 4) is 0 Å². The Bertz CT molecular complexity index is 493. The molecule has 1 aliphatic rings. The van der Waals surface area contributed by atoms with Crippen molar-refractivity contribution >= 4 is 23.8 Å². The first-order valence-electron chi connectivity index (χ1n) is 9.86. The van der Waals surface area contributed by atoms with Crippen molar-refractivity contribution in [2.45, 2.75) is 71.3 Å². The van der Waals surface area contributed by atoms with Crippen molar-refractivity contribution in [2.75, 3.05) is 26.2 Å². The monoisotopic (exact) mass is 402 g/mol. The molecule has 1 rings (SSSR count). The minimum absolute atomic E-state index is 0.0488. The number of carbonyl (C=O) groups excluding carboxylic acids is 2. The summed E-state index contributed by atoms with van der Waals surface area (Å²) in [6.45, 7) is 5.06. The van der Waals surface area contributed by atoms with Crippen LogP contribution in [0.25, 0.3) is 0 Å². The number of likely N-dealkylation sites (tertiary alicyclic amines) is 1. The molecule has 1 atom stereocenters. The van der Waals surface area contributed by atoms with E-state index in [1.807, 2.05) is 4.90 Å². The van der Waals surface area contributed by atoms with Gasteiger partial charge in [0.05, 0.1) is 13.2 Å². The topological polar surface area (TPSA) is 133 Å². The van der Waals surface area contributed by atoms with E-state index < -0.39 is 11.9 Å². The summed E-state index contributed by atoms with van der Waals surface area (Å²) >= 11 is 0. The lowest BCUT2D eigenvalue weighted by atomic mass is 10.2. The van der Waals surface area contributed by atoms with Crippen LogP contribution in [-0.2, 0) is 23.9 Å². The van der Waals surface area contributed by atoms with E-state index in [1.54, 1.807) is 0 Å². The highest BCUT2D eigenvalue weighted by Crippen LogP contribution is 2.18. The number of ether oxygens (including phenoxy) is 1. The van der Waals surface area contributed by atoms with Gasteiger partial charge >= 0.3 is 11.9 Å². The SMILES string of the molecule is CC(=O)O.CCCCCNC(=O)CN1CCC[C@@H]1C(=O)OCCCCC(=O)O. The fraction of sp³-hybridized carbons (Fsp3) is 0.789. The molecule has 0 radical (unpaired) electrons. The lowest BCUT2D eigenvalue weighted by Gasteiger charge is -2.22. The Hall–Kier alpha value is -2.16. The van der Waals surface area contributed by atoms with Crippen LogP contribution in [0.3, 0.4) is 0 Å². The number of amides is 1. The van der Waals surface area contributed by atoms with Gasteiger partial charge in [-0.25, -0.2) is 0 Å². The van der Waals surface area contributed by atoms with E-state index in [4.69, 9.17) is 19.7 Å². The second kappa shape index (κ2) is 15.9. The number of hydrogen-bond donors (Lipinski definition) is 3. The van der Waals surface area contributed by atoms with E-state index in [-0.39, 0.29) is 37.5 Å². The molecule has 0 aliphatic carbocycles. The summed E-state index contributed by atoms with van der Waals surface area (Å²) in [6, 6.07) is -0.356. The Labute approximate surface area is 166 Å². The molecule has 28 heavy (non-hydrogen) atoms. The van der Waals surface area contributed by atoms with Crippen LogP contribution in [0.15, 0.2) is 0 Å². The van der Waals surface area contributed by atoms with Crippen LogP contribution in [0, 0.1) is 0 Å². The average Bonchev–Trinajstić information content (AvgIpc) is 3.05. The molecule has 0 aromatic heterocycles. The third-order valence-corrected chi connectivity index (χ3v) is 4.11. The zero-order chi connectivity index (χ0) is 21.4. The van der Waals surface area contributed by atoms with Gasteiger partial charge in [0.15, 0.2) is 0 Å². The number of carboxylic acid groups (broad SMARTS) is 2. The summed E-state index contributed by atoms with van der Waals surface area (Å²) in [7, 11) is 0. The van der Waals surface area contributed by atoms with Gasteiger partial charge in [0.2, 0.25) is 5.91 Å². The summed E-state index contributed by atoms with van der Waals surface area (Å²) in [5, 5.41) is 18.9. The number of carbonyl (C=O) groups is 4. The predicted octanol–water partition coefficient (Wildman–Crippen LogP) is 1.65. The summed E-state index contributed by atoms with van der Waals surface area (Å²) in [4.78, 5) is 45.3. The maximum Gasteiger partial charge on any atom is 0.323 e. The molecule has 162 valence electrons. The zero-order valence-corrected chi connectivity index (χ0v) is 16.9. The van der Waals surface area contributed by atoms with Crippen molar-refractivity contribution in [1.82, 2.24) is 10.2 Å². The lowest BCUT2D eigenvalue weighted by molar-refractivity contribution is -0.149. The van der Waals surface area contributed by atoms with Gasteiger partial charge in [-0.3, -0.25) is 24.1 Å². The zero-order valence-electron chi connectivity index (χ0n) is 16.9.